The van der Waals surface area contributed by atoms with Gasteiger partial charge in [0.2, 0.25) is 0 Å². The average molecular weight is 234 g/mol. The molecule has 0 spiro atoms. The largest absolute Gasteiger partial charge is 0.496 e. The second-order valence-corrected chi connectivity index (χ2v) is 4.44. The Kier molecular flexibility index (Phi) is 3.79. The molecule has 0 unspecified atom stereocenters. The van der Waals surface area contributed by atoms with Gasteiger partial charge in [0.25, 0.3) is 0 Å². The van der Waals surface area contributed by atoms with Crippen molar-refractivity contribution in [3.05, 3.63) is 29.3 Å². The van der Waals surface area contributed by atoms with E-state index < -0.39 is 0 Å². The topological polar surface area (TPSA) is 35.5 Å². The smallest absolute Gasteiger partial charge is 0.166 e. The van der Waals surface area contributed by atoms with Crippen molar-refractivity contribution in [2.24, 2.45) is 5.92 Å². The molecule has 3 nitrogen and oxygen atoms in total. The Balaban J connectivity index is 2.16. The molecule has 0 aliphatic carbocycles. The van der Waals surface area contributed by atoms with E-state index in [-0.39, 0.29) is 11.7 Å². The highest BCUT2D eigenvalue weighted by atomic mass is 16.5. The van der Waals surface area contributed by atoms with Crippen molar-refractivity contribution in [3.8, 4) is 5.75 Å². The van der Waals surface area contributed by atoms with Crippen LogP contribution in [0.5, 0.6) is 5.75 Å². The highest BCUT2D eigenvalue weighted by Gasteiger charge is 2.23. The van der Waals surface area contributed by atoms with Gasteiger partial charge in [-0.1, -0.05) is 0 Å². The molecule has 1 fully saturated rings. The minimum Gasteiger partial charge on any atom is -0.496 e. The van der Waals surface area contributed by atoms with Gasteiger partial charge in [0, 0.05) is 24.7 Å². The van der Waals surface area contributed by atoms with E-state index in [1.807, 2.05) is 25.1 Å². The molecule has 1 saturated heterocycles. The van der Waals surface area contributed by atoms with Crippen LogP contribution in [-0.4, -0.2) is 26.1 Å². The van der Waals surface area contributed by atoms with Crippen LogP contribution >= 0.6 is 0 Å². The van der Waals surface area contributed by atoms with Crippen molar-refractivity contribution in [1.29, 1.82) is 0 Å². The highest BCUT2D eigenvalue weighted by molar-refractivity contribution is 5.98. The molecule has 0 N–H and O–H groups in total. The third-order valence-corrected chi connectivity index (χ3v) is 3.27. The van der Waals surface area contributed by atoms with Crippen LogP contribution in [0.2, 0.25) is 0 Å². The standard InChI is InChI=1S/C14H18O3/c1-10-9-12(3-4-13(10)16-2)14(15)11-5-7-17-8-6-11/h3-4,9,11H,5-8H2,1-2H3. The van der Waals surface area contributed by atoms with E-state index in [2.05, 4.69) is 0 Å². The van der Waals surface area contributed by atoms with Gasteiger partial charge in [0.15, 0.2) is 5.78 Å². The first-order valence-electron chi connectivity index (χ1n) is 5.99. The predicted molar refractivity (Wildman–Crippen MR) is 65.6 cm³/mol. The maximum absolute atomic E-state index is 12.3. The fourth-order valence-corrected chi connectivity index (χ4v) is 2.23. The summed E-state index contributed by atoms with van der Waals surface area (Å²) in [6.07, 6.45) is 1.67. The number of aryl methyl sites for hydroxylation is 1. The molecule has 1 aliphatic heterocycles. The molecule has 0 saturated carbocycles. The van der Waals surface area contributed by atoms with Gasteiger partial charge in [-0.15, -0.1) is 0 Å². The molecule has 1 aliphatic rings. The number of ketones is 1. The van der Waals surface area contributed by atoms with Crippen LogP contribution in [-0.2, 0) is 4.74 Å². The van der Waals surface area contributed by atoms with Gasteiger partial charge in [0.1, 0.15) is 5.75 Å². The number of rotatable bonds is 3. The lowest BCUT2D eigenvalue weighted by molar-refractivity contribution is 0.0545. The molecule has 0 aromatic heterocycles. The monoisotopic (exact) mass is 234 g/mol. The maximum Gasteiger partial charge on any atom is 0.166 e. The van der Waals surface area contributed by atoms with Crippen LogP contribution in [0.25, 0.3) is 0 Å². The van der Waals surface area contributed by atoms with Crippen molar-refractivity contribution in [3.63, 3.8) is 0 Å². The predicted octanol–water partition coefficient (Wildman–Crippen LogP) is 2.61. The summed E-state index contributed by atoms with van der Waals surface area (Å²) < 4.78 is 10.5. The summed E-state index contributed by atoms with van der Waals surface area (Å²) in [5.74, 6) is 1.18. The number of ether oxygens (including phenoxy) is 2. The lowest BCUT2D eigenvalue weighted by Crippen LogP contribution is -2.23. The molecular weight excluding hydrogens is 216 g/mol. The number of benzene rings is 1. The lowest BCUT2D eigenvalue weighted by Gasteiger charge is -2.21. The molecular formula is C14H18O3. The molecule has 3 heteroatoms. The van der Waals surface area contributed by atoms with E-state index in [1.165, 1.54) is 0 Å². The first-order valence-corrected chi connectivity index (χ1v) is 5.99. The zero-order chi connectivity index (χ0) is 12.3. The van der Waals surface area contributed by atoms with Crippen molar-refractivity contribution in [2.45, 2.75) is 19.8 Å². The van der Waals surface area contributed by atoms with E-state index in [0.717, 1.165) is 29.7 Å². The van der Waals surface area contributed by atoms with E-state index in [4.69, 9.17) is 9.47 Å². The zero-order valence-corrected chi connectivity index (χ0v) is 10.4. The normalized spacial score (nSPS) is 16.8. The Bertz CT molecular complexity index is 406. The van der Waals surface area contributed by atoms with Crippen LogP contribution in [0, 0.1) is 12.8 Å². The Morgan fingerprint density at radius 1 is 1.35 bits per heavy atom. The van der Waals surface area contributed by atoms with Crippen LogP contribution in [0.3, 0.4) is 0 Å². The number of carbonyl (C=O) groups is 1. The van der Waals surface area contributed by atoms with Crippen LogP contribution in [0.15, 0.2) is 18.2 Å². The van der Waals surface area contributed by atoms with E-state index in [9.17, 15) is 4.79 Å². The van der Waals surface area contributed by atoms with E-state index in [1.54, 1.807) is 7.11 Å². The average Bonchev–Trinajstić information content (AvgIpc) is 2.39. The van der Waals surface area contributed by atoms with Crippen LogP contribution in [0.4, 0.5) is 0 Å². The van der Waals surface area contributed by atoms with E-state index >= 15 is 0 Å². The number of carbonyl (C=O) groups excluding carboxylic acids is 1. The maximum atomic E-state index is 12.3. The third kappa shape index (κ3) is 2.67. The molecule has 1 aromatic rings. The fraction of sp³-hybridized carbons (Fsp3) is 0.500. The molecule has 2 rings (SSSR count). The lowest BCUT2D eigenvalue weighted by atomic mass is 9.90. The zero-order valence-electron chi connectivity index (χ0n) is 10.4. The van der Waals surface area contributed by atoms with Gasteiger partial charge in [-0.05, 0) is 43.5 Å². The van der Waals surface area contributed by atoms with Crippen molar-refractivity contribution >= 4 is 5.78 Å². The van der Waals surface area contributed by atoms with Crippen molar-refractivity contribution < 1.29 is 14.3 Å². The van der Waals surface area contributed by atoms with Gasteiger partial charge < -0.3 is 9.47 Å². The second kappa shape index (κ2) is 5.32. The van der Waals surface area contributed by atoms with Crippen molar-refractivity contribution in [1.82, 2.24) is 0 Å². The molecule has 0 radical (unpaired) electrons. The van der Waals surface area contributed by atoms with E-state index in [0.29, 0.717) is 13.2 Å². The quantitative estimate of drug-likeness (QED) is 0.754. The van der Waals surface area contributed by atoms with Crippen molar-refractivity contribution in [2.75, 3.05) is 20.3 Å². The number of hydrogen-bond acceptors (Lipinski definition) is 3. The fourth-order valence-electron chi connectivity index (χ4n) is 2.23. The summed E-state index contributed by atoms with van der Waals surface area (Å²) in [5.41, 5.74) is 1.79. The molecule has 0 amide bonds. The molecule has 17 heavy (non-hydrogen) atoms. The first kappa shape index (κ1) is 12.1. The Labute approximate surface area is 102 Å². The summed E-state index contributed by atoms with van der Waals surface area (Å²) in [5, 5.41) is 0. The van der Waals surface area contributed by atoms with Gasteiger partial charge in [0.05, 0.1) is 7.11 Å². The second-order valence-electron chi connectivity index (χ2n) is 4.44. The summed E-state index contributed by atoms with van der Waals surface area (Å²) in [6, 6.07) is 5.63. The van der Waals surface area contributed by atoms with Gasteiger partial charge in [-0.25, -0.2) is 0 Å². The number of methoxy groups -OCH3 is 1. The van der Waals surface area contributed by atoms with Crippen LogP contribution in [0.1, 0.15) is 28.8 Å². The Morgan fingerprint density at radius 2 is 2.06 bits per heavy atom. The Morgan fingerprint density at radius 3 is 2.65 bits per heavy atom. The van der Waals surface area contributed by atoms with Crippen LogP contribution < -0.4 is 4.74 Å². The number of hydrogen-bond donors (Lipinski definition) is 0. The van der Waals surface area contributed by atoms with Gasteiger partial charge in [-0.3, -0.25) is 4.79 Å². The Hall–Kier alpha value is -1.35. The SMILES string of the molecule is COc1ccc(C(=O)C2CCOCC2)cc1C. The molecule has 0 atom stereocenters. The summed E-state index contributed by atoms with van der Waals surface area (Å²) in [6.45, 7) is 3.36. The van der Waals surface area contributed by atoms with Gasteiger partial charge in [-0.2, -0.15) is 0 Å². The molecule has 1 heterocycles. The first-order chi connectivity index (χ1) is 8.22. The minimum atomic E-state index is 0.122. The molecule has 0 bridgehead atoms. The molecule has 92 valence electrons. The number of Topliss-reactive ketones (excluding diaryl/α,β-unsaturated/α-hetero) is 1. The molecule has 1 aromatic carbocycles. The summed E-state index contributed by atoms with van der Waals surface area (Å²) in [7, 11) is 1.64. The minimum absolute atomic E-state index is 0.122. The third-order valence-electron chi connectivity index (χ3n) is 3.27. The summed E-state index contributed by atoms with van der Waals surface area (Å²) >= 11 is 0. The summed E-state index contributed by atoms with van der Waals surface area (Å²) in [4.78, 5) is 12.3. The van der Waals surface area contributed by atoms with Gasteiger partial charge >= 0.3 is 0 Å². The highest BCUT2D eigenvalue weighted by Crippen LogP contribution is 2.24.